The molecule has 0 atom stereocenters. The van der Waals surface area contributed by atoms with Crippen LogP contribution in [0.4, 0.5) is 0 Å². The molecule has 0 aromatic carbocycles. The van der Waals surface area contributed by atoms with Crippen LogP contribution in [0.3, 0.4) is 0 Å². The Labute approximate surface area is 191 Å². The molecule has 0 fully saturated rings. The highest BCUT2D eigenvalue weighted by Gasteiger charge is 1.99. The van der Waals surface area contributed by atoms with E-state index in [1.165, 1.54) is 0 Å². The Kier molecular flexibility index (Phi) is 34.0. The van der Waals surface area contributed by atoms with Crippen molar-refractivity contribution in [2.45, 2.75) is 77.0 Å². The smallest absolute Gasteiger partial charge is 0.550 e. The van der Waals surface area contributed by atoms with Gasteiger partial charge in [-0.1, -0.05) is 0 Å². The molecule has 0 rings (SSSR count). The van der Waals surface area contributed by atoms with Crippen molar-refractivity contribution in [1.82, 2.24) is 12.3 Å². The summed E-state index contributed by atoms with van der Waals surface area (Å²) in [6, 6.07) is 0. The van der Waals surface area contributed by atoms with Gasteiger partial charge in [-0.25, -0.2) is 0 Å². The van der Waals surface area contributed by atoms with Gasteiger partial charge in [0.15, 0.2) is 0 Å². The molecule has 0 unspecified atom stereocenters. The molecule has 0 amide bonds. The summed E-state index contributed by atoms with van der Waals surface area (Å²) in [6.07, 6.45) is 2.09. The van der Waals surface area contributed by atoms with Gasteiger partial charge in [0, 0.05) is 36.7 Å². The summed E-state index contributed by atoms with van der Waals surface area (Å²) in [5.74, 6) is -6.30. The van der Waals surface area contributed by atoms with Crippen LogP contribution < -0.4 is 32.7 Å². The average molecular weight is 472 g/mol. The Morgan fingerprint density at radius 2 is 0.594 bits per heavy atom. The summed E-state index contributed by atoms with van der Waals surface area (Å²) < 4.78 is 0. The minimum absolute atomic E-state index is 0. The van der Waals surface area contributed by atoms with E-state index in [2.05, 4.69) is 0 Å². The molecule has 32 heavy (non-hydrogen) atoms. The van der Waals surface area contributed by atoms with Crippen molar-refractivity contribution in [1.29, 1.82) is 0 Å². The molecule has 190 valence electrons. The van der Waals surface area contributed by atoms with Crippen molar-refractivity contribution in [2.24, 2.45) is 0 Å². The lowest BCUT2D eigenvalue weighted by molar-refractivity contribution is -0.308. The Bertz CT molecular complexity index is 446. The molecule has 0 bridgehead atoms. The first kappa shape index (κ1) is 39.2. The van der Waals surface area contributed by atoms with Crippen LogP contribution in [0.5, 0.6) is 0 Å². The van der Waals surface area contributed by atoms with E-state index in [9.17, 15) is 49.2 Å². The molecule has 0 heterocycles. The molecule has 0 aromatic rings. The lowest BCUT2D eigenvalue weighted by atomic mass is 10.2. The van der Waals surface area contributed by atoms with Crippen molar-refractivity contribution in [3.05, 3.63) is 0 Å². The molecule has 0 spiro atoms. The van der Waals surface area contributed by atoms with Gasteiger partial charge in [0.2, 0.25) is 0 Å². The van der Waals surface area contributed by atoms with Crippen LogP contribution in [0.1, 0.15) is 82.8 Å². The maximum Gasteiger partial charge on any atom is 1.00 e. The summed E-state index contributed by atoms with van der Waals surface area (Å²) in [4.78, 5) is 58.9. The summed E-state index contributed by atoms with van der Waals surface area (Å²) in [5.41, 5.74) is 0. The number of carbonyl (C=O) groups is 6. The standard InChI is InChI=1S/3C6H10O4.2H3N/c3*7-5(8)3-1-2-4-6(9)10;;/h3*1-4H2,(H,7,8)(H,9,10);2*1H3. The zero-order valence-corrected chi connectivity index (χ0v) is 17.9. The molecular formula is C18H36N2O12. The molecule has 0 radical (unpaired) electrons. The molecule has 0 aliphatic rings. The fraction of sp³-hybridized carbons (Fsp3) is 0.667. The van der Waals surface area contributed by atoms with Crippen LogP contribution in [0.15, 0.2) is 0 Å². The van der Waals surface area contributed by atoms with Crippen LogP contribution in [0.25, 0.3) is 0 Å². The largest absolute Gasteiger partial charge is 1.00 e. The summed E-state index contributed by atoms with van der Waals surface area (Å²) in [6.45, 7) is 0. The summed E-state index contributed by atoms with van der Waals surface area (Å²) >= 11 is 0. The highest BCUT2D eigenvalue weighted by atomic mass is 16.4. The zero-order valence-electron chi connectivity index (χ0n) is 21.9. The zero-order chi connectivity index (χ0) is 23.9. The van der Waals surface area contributed by atoms with Crippen molar-refractivity contribution in [2.75, 3.05) is 0 Å². The third kappa shape index (κ3) is 56.3. The van der Waals surface area contributed by atoms with Crippen LogP contribution in [0.2, 0.25) is 0 Å². The highest BCUT2D eigenvalue weighted by Crippen LogP contribution is 1.99. The molecular weight excluding hydrogens is 436 g/mol. The van der Waals surface area contributed by atoms with Crippen molar-refractivity contribution in [3.63, 3.8) is 0 Å². The third-order valence-corrected chi connectivity index (χ3v) is 3.05. The number of carboxylic acid groups (broad SMARTS) is 6. The number of unbranched alkanes of at least 4 members (excludes halogenated alkanes) is 3. The van der Waals surface area contributed by atoms with Gasteiger partial charge in [0.05, 0.1) is 0 Å². The molecule has 0 aromatic heterocycles. The second-order valence-electron chi connectivity index (χ2n) is 5.90. The van der Waals surface area contributed by atoms with Crippen LogP contribution in [-0.4, -0.2) is 46.0 Å². The lowest BCUT2D eigenvalue weighted by Crippen LogP contribution is -2.23. The van der Waals surface area contributed by atoms with Crippen molar-refractivity contribution >= 4 is 35.8 Å². The normalized spacial score (nSPS) is 8.62. The Balaban J connectivity index is -0.0000000401. The minimum Gasteiger partial charge on any atom is -0.550 e. The van der Waals surface area contributed by atoms with Gasteiger partial charge in [-0.2, -0.15) is 0 Å². The van der Waals surface area contributed by atoms with Gasteiger partial charge in [0.25, 0.3) is 0 Å². The van der Waals surface area contributed by atoms with Crippen LogP contribution in [-0.2, 0) is 28.8 Å². The van der Waals surface area contributed by atoms with E-state index >= 15 is 0 Å². The molecule has 0 saturated heterocycles. The first-order chi connectivity index (χ1) is 13.9. The summed E-state index contributed by atoms with van der Waals surface area (Å²) in [7, 11) is 0. The molecule has 0 aliphatic carbocycles. The van der Waals surface area contributed by atoms with Gasteiger partial charge in [-0.15, -0.1) is 0 Å². The molecule has 14 heteroatoms. The van der Waals surface area contributed by atoms with Gasteiger partial charge < -0.3 is 62.1 Å². The maximum atomic E-state index is 9.90. The van der Waals surface area contributed by atoms with Crippen LogP contribution >= 0.6 is 0 Å². The van der Waals surface area contributed by atoms with Gasteiger partial charge in [0.1, 0.15) is 0 Å². The van der Waals surface area contributed by atoms with E-state index < -0.39 is 35.8 Å². The number of hydrogen-bond donors (Lipinski definition) is 4. The molecule has 14 nitrogen and oxygen atoms in total. The van der Waals surface area contributed by atoms with Crippen molar-refractivity contribution < 1.29 is 65.1 Å². The average Bonchev–Trinajstić information content (AvgIpc) is 2.60. The second-order valence-corrected chi connectivity index (χ2v) is 5.90. The number of rotatable bonds is 15. The third-order valence-electron chi connectivity index (χ3n) is 3.05. The Morgan fingerprint density at radius 1 is 0.438 bits per heavy atom. The van der Waals surface area contributed by atoms with E-state index in [0.717, 1.165) is 0 Å². The number of carboxylic acids is 6. The van der Waals surface area contributed by atoms with Gasteiger partial charge in [-0.05, 0) is 64.2 Å². The predicted molar refractivity (Wildman–Crippen MR) is 105 cm³/mol. The lowest BCUT2D eigenvalue weighted by Gasteiger charge is -2.01. The summed E-state index contributed by atoms with van der Waals surface area (Å²) in [5, 5.41) is 55.3. The van der Waals surface area contributed by atoms with E-state index in [1.54, 1.807) is 0 Å². The number of carbonyl (C=O) groups excluding carboxylic acids is 4. The quantitative estimate of drug-likeness (QED) is 0.180. The monoisotopic (exact) mass is 472 g/mol. The second kappa shape index (κ2) is 27.7. The Hall–Kier alpha value is -3.26. The highest BCUT2D eigenvalue weighted by molar-refractivity contribution is 5.68. The number of aliphatic carboxylic acids is 6. The molecule has 8 N–H and O–H groups in total. The first-order valence-electron chi connectivity index (χ1n) is 9.11. The minimum atomic E-state index is -1.14. The van der Waals surface area contributed by atoms with E-state index in [-0.39, 0.29) is 56.5 Å². The van der Waals surface area contributed by atoms with Gasteiger partial charge >= 0.3 is 17.6 Å². The van der Waals surface area contributed by atoms with Crippen LogP contribution in [0, 0.1) is 0 Å². The maximum absolute atomic E-state index is 9.90. The molecule has 0 saturated carbocycles. The van der Waals surface area contributed by atoms with E-state index in [1.807, 2.05) is 0 Å². The fourth-order valence-electron chi connectivity index (χ4n) is 1.63. The van der Waals surface area contributed by atoms with E-state index in [0.29, 0.717) is 38.5 Å². The Morgan fingerprint density at radius 3 is 0.719 bits per heavy atom. The van der Waals surface area contributed by atoms with Gasteiger partial charge in [-0.3, -0.25) is 9.59 Å². The van der Waals surface area contributed by atoms with Crippen molar-refractivity contribution in [3.8, 4) is 0 Å². The SMILES string of the molecule is N.N.O=C(O)CCCCC(=O)O.O=C([O-])CCCCC(=O)[O-].O=C([O-])CCCCC(=O)[O-].[H+].[H+].[H+].[H+]. The fourth-order valence-corrected chi connectivity index (χ4v) is 1.63. The first-order valence-corrected chi connectivity index (χ1v) is 9.11. The van der Waals surface area contributed by atoms with E-state index in [4.69, 9.17) is 10.2 Å². The topological polar surface area (TPSA) is 305 Å². The number of hydrogen-bond acceptors (Lipinski definition) is 12. The predicted octanol–water partition coefficient (Wildman–Crippen LogP) is -2.42. The molecule has 0 aliphatic heterocycles.